The minimum Gasteiger partial charge on any atom is -0.481 e. The third-order valence-corrected chi connectivity index (χ3v) is 3.67. The number of hydrogen-bond donors (Lipinski definition) is 1. The second-order valence-electron chi connectivity index (χ2n) is 5.29. The fourth-order valence-electron chi connectivity index (χ4n) is 2.27. The van der Waals surface area contributed by atoms with Crippen LogP contribution in [0.3, 0.4) is 0 Å². The first-order valence-corrected chi connectivity index (χ1v) is 6.19. The molecule has 0 saturated carbocycles. The lowest BCUT2D eigenvalue weighted by Crippen LogP contribution is -2.28. The van der Waals surface area contributed by atoms with Crippen molar-refractivity contribution in [2.24, 2.45) is 7.05 Å². The molecule has 2 rings (SSSR count). The predicted molar refractivity (Wildman–Crippen MR) is 73.0 cm³/mol. The summed E-state index contributed by atoms with van der Waals surface area (Å²) in [5, 5.41) is 10.4. The summed E-state index contributed by atoms with van der Waals surface area (Å²) in [6, 6.07) is 6.27. The van der Waals surface area contributed by atoms with Gasteiger partial charge in [-0.15, -0.1) is 0 Å². The van der Waals surface area contributed by atoms with Crippen LogP contribution in [0, 0.1) is 0 Å². The molecule has 0 spiro atoms. The number of hydrogen-bond acceptors (Lipinski definition) is 1. The molecule has 1 aromatic heterocycles. The van der Waals surface area contributed by atoms with Gasteiger partial charge in [-0.05, 0) is 43.5 Å². The number of aromatic nitrogens is 1. The Balaban J connectivity index is 2.75. The van der Waals surface area contributed by atoms with Crippen LogP contribution in [0.1, 0.15) is 31.9 Å². The van der Waals surface area contributed by atoms with E-state index in [4.69, 9.17) is 0 Å². The summed E-state index contributed by atoms with van der Waals surface area (Å²) >= 11 is 0. The van der Waals surface area contributed by atoms with Gasteiger partial charge in [0, 0.05) is 24.1 Å². The molecule has 3 heteroatoms. The summed E-state index contributed by atoms with van der Waals surface area (Å²) in [5.74, 6) is -0.795. The Morgan fingerprint density at radius 2 is 2.06 bits per heavy atom. The lowest BCUT2D eigenvalue weighted by Gasteiger charge is -2.18. The van der Waals surface area contributed by atoms with Crippen LogP contribution in [0.5, 0.6) is 0 Å². The van der Waals surface area contributed by atoms with Crippen molar-refractivity contribution in [3.8, 4) is 0 Å². The van der Waals surface area contributed by atoms with Crippen LogP contribution in [0.25, 0.3) is 10.9 Å². The summed E-state index contributed by atoms with van der Waals surface area (Å²) in [5.41, 5.74) is 2.32. The molecule has 1 heterocycles. The second-order valence-corrected chi connectivity index (χ2v) is 5.29. The Kier molecular flexibility index (Phi) is 2.93. The highest BCUT2D eigenvalue weighted by molar-refractivity contribution is 5.92. The van der Waals surface area contributed by atoms with E-state index in [-0.39, 0.29) is 0 Å². The molecule has 18 heavy (non-hydrogen) atoms. The second kappa shape index (κ2) is 4.16. The van der Waals surface area contributed by atoms with Gasteiger partial charge in [0.2, 0.25) is 0 Å². The summed E-state index contributed by atoms with van der Waals surface area (Å²) in [4.78, 5) is 11.4. The molecule has 96 valence electrons. The van der Waals surface area contributed by atoms with Crippen LogP contribution in [0.2, 0.25) is 0 Å². The largest absolute Gasteiger partial charge is 0.481 e. The van der Waals surface area contributed by atoms with Gasteiger partial charge in [-0.3, -0.25) is 4.79 Å². The lowest BCUT2D eigenvalue weighted by molar-refractivity contribution is -0.142. The summed E-state index contributed by atoms with van der Waals surface area (Å²) in [6.07, 6.45) is 2.88. The molecule has 0 aliphatic heterocycles. The average molecular weight is 245 g/mol. The molecule has 0 radical (unpaired) electrons. The topological polar surface area (TPSA) is 42.2 Å². The first-order valence-electron chi connectivity index (χ1n) is 6.19. The standard InChI is InChI=1S/C15H19NO2/c1-5-10-6-7-13-11(8-10)12(9-16(13)4)15(2,3)14(17)18/h6-9H,5H2,1-4H3,(H,17,18). The molecule has 0 atom stereocenters. The van der Waals surface area contributed by atoms with Crippen LogP contribution in [-0.2, 0) is 23.7 Å². The normalized spacial score (nSPS) is 12.0. The van der Waals surface area contributed by atoms with Crippen molar-refractivity contribution in [1.82, 2.24) is 4.57 Å². The number of fused-ring (bicyclic) bond motifs is 1. The van der Waals surface area contributed by atoms with Crippen molar-refractivity contribution >= 4 is 16.9 Å². The zero-order valence-electron chi connectivity index (χ0n) is 11.3. The van der Waals surface area contributed by atoms with E-state index < -0.39 is 11.4 Å². The van der Waals surface area contributed by atoms with Crippen LogP contribution in [0.15, 0.2) is 24.4 Å². The maximum absolute atomic E-state index is 11.4. The van der Waals surface area contributed by atoms with Gasteiger partial charge in [-0.2, -0.15) is 0 Å². The molecule has 0 fully saturated rings. The number of aliphatic carboxylic acids is 1. The lowest BCUT2D eigenvalue weighted by atomic mass is 9.84. The summed E-state index contributed by atoms with van der Waals surface area (Å²) in [6.45, 7) is 5.61. The number of carboxylic acid groups (broad SMARTS) is 1. The molecule has 0 amide bonds. The monoisotopic (exact) mass is 245 g/mol. The Morgan fingerprint density at radius 3 is 2.61 bits per heavy atom. The molecule has 1 aromatic carbocycles. The van der Waals surface area contributed by atoms with Crippen molar-refractivity contribution in [3.63, 3.8) is 0 Å². The molecule has 0 aliphatic carbocycles. The van der Waals surface area contributed by atoms with Gasteiger partial charge < -0.3 is 9.67 Å². The number of carbonyl (C=O) groups is 1. The van der Waals surface area contributed by atoms with Crippen LogP contribution >= 0.6 is 0 Å². The first kappa shape index (κ1) is 12.7. The SMILES string of the molecule is CCc1ccc2c(c1)c(C(C)(C)C(=O)O)cn2C. The molecule has 2 aromatic rings. The quantitative estimate of drug-likeness (QED) is 0.902. The smallest absolute Gasteiger partial charge is 0.313 e. The van der Waals surface area contributed by atoms with E-state index in [0.717, 1.165) is 22.9 Å². The number of carboxylic acids is 1. The molecule has 0 saturated heterocycles. The molecular weight excluding hydrogens is 226 g/mol. The van der Waals surface area contributed by atoms with Gasteiger partial charge in [0.1, 0.15) is 0 Å². The van der Waals surface area contributed by atoms with E-state index in [1.54, 1.807) is 13.8 Å². The third kappa shape index (κ3) is 1.80. The van der Waals surface area contributed by atoms with E-state index >= 15 is 0 Å². The van der Waals surface area contributed by atoms with Crippen LogP contribution in [-0.4, -0.2) is 15.6 Å². The van der Waals surface area contributed by atoms with Gasteiger partial charge in [0.05, 0.1) is 5.41 Å². The van der Waals surface area contributed by atoms with E-state index in [2.05, 4.69) is 25.1 Å². The number of aryl methyl sites for hydroxylation is 2. The molecule has 0 aliphatic rings. The third-order valence-electron chi connectivity index (χ3n) is 3.67. The van der Waals surface area contributed by atoms with Gasteiger partial charge in [-0.25, -0.2) is 0 Å². The van der Waals surface area contributed by atoms with E-state index in [1.807, 2.05) is 17.8 Å². The van der Waals surface area contributed by atoms with Crippen molar-refractivity contribution in [1.29, 1.82) is 0 Å². The van der Waals surface area contributed by atoms with Crippen LogP contribution < -0.4 is 0 Å². The maximum Gasteiger partial charge on any atom is 0.313 e. The number of nitrogens with zero attached hydrogens (tertiary/aromatic N) is 1. The number of benzene rings is 1. The van der Waals surface area contributed by atoms with Crippen molar-refractivity contribution in [2.45, 2.75) is 32.6 Å². The predicted octanol–water partition coefficient (Wildman–Crippen LogP) is 3.10. The highest BCUT2D eigenvalue weighted by atomic mass is 16.4. The zero-order valence-corrected chi connectivity index (χ0v) is 11.3. The molecular formula is C15H19NO2. The van der Waals surface area contributed by atoms with Gasteiger partial charge in [0.25, 0.3) is 0 Å². The summed E-state index contributed by atoms with van der Waals surface area (Å²) in [7, 11) is 1.95. The summed E-state index contributed by atoms with van der Waals surface area (Å²) < 4.78 is 1.99. The zero-order chi connectivity index (χ0) is 13.5. The Hall–Kier alpha value is -1.77. The molecule has 1 N–H and O–H groups in total. The van der Waals surface area contributed by atoms with Crippen LogP contribution in [0.4, 0.5) is 0 Å². The Bertz CT molecular complexity index is 608. The van der Waals surface area contributed by atoms with Gasteiger partial charge in [0.15, 0.2) is 0 Å². The van der Waals surface area contributed by atoms with E-state index in [0.29, 0.717) is 0 Å². The number of rotatable bonds is 3. The van der Waals surface area contributed by atoms with Gasteiger partial charge in [-0.1, -0.05) is 13.0 Å². The fourth-order valence-corrected chi connectivity index (χ4v) is 2.27. The average Bonchev–Trinajstić information content (AvgIpc) is 2.66. The van der Waals surface area contributed by atoms with Gasteiger partial charge >= 0.3 is 5.97 Å². The first-order chi connectivity index (χ1) is 8.37. The minimum atomic E-state index is -0.869. The van der Waals surface area contributed by atoms with E-state index in [1.165, 1.54) is 5.56 Å². The Morgan fingerprint density at radius 1 is 1.39 bits per heavy atom. The van der Waals surface area contributed by atoms with E-state index in [9.17, 15) is 9.90 Å². The van der Waals surface area contributed by atoms with Crippen molar-refractivity contribution in [3.05, 3.63) is 35.5 Å². The van der Waals surface area contributed by atoms with Crippen molar-refractivity contribution in [2.75, 3.05) is 0 Å². The molecule has 0 bridgehead atoms. The maximum atomic E-state index is 11.4. The highest BCUT2D eigenvalue weighted by Gasteiger charge is 2.32. The molecule has 3 nitrogen and oxygen atoms in total. The van der Waals surface area contributed by atoms with Crippen molar-refractivity contribution < 1.29 is 9.90 Å². The fraction of sp³-hybridized carbons (Fsp3) is 0.400. The highest BCUT2D eigenvalue weighted by Crippen LogP contribution is 2.32. The Labute approximate surface area is 107 Å². The minimum absolute atomic E-state index is 0.795. The molecule has 0 unspecified atom stereocenters.